The fourth-order valence-electron chi connectivity index (χ4n) is 3.25. The van der Waals surface area contributed by atoms with Gasteiger partial charge >= 0.3 is 0 Å². The molecule has 0 aromatic heterocycles. The summed E-state index contributed by atoms with van der Waals surface area (Å²) >= 11 is 12.4. The molecule has 2 aromatic carbocycles. The molecule has 0 bridgehead atoms. The van der Waals surface area contributed by atoms with E-state index in [1.165, 1.54) is 0 Å². The Balaban J connectivity index is 1.74. The minimum Gasteiger partial charge on any atom is -0.339 e. The van der Waals surface area contributed by atoms with Crippen LogP contribution < -0.4 is 4.72 Å². The Morgan fingerprint density at radius 3 is 2.32 bits per heavy atom. The molecule has 1 N–H and O–H groups in total. The number of sulfonamides is 1. The van der Waals surface area contributed by atoms with Crippen molar-refractivity contribution in [2.24, 2.45) is 0 Å². The summed E-state index contributed by atoms with van der Waals surface area (Å²) < 4.78 is 28.1. The Hall–Kier alpha value is -1.60. The number of hydrogen-bond acceptors (Lipinski definition) is 3. The summed E-state index contributed by atoms with van der Waals surface area (Å²) in [6.07, 6.45) is 2.08. The molecule has 0 unspecified atom stereocenters. The standard InChI is InChI=1S/C20H22Cl2N2O3S/c1-13-11-17(21)14(2)19(18(13)22)28(26,27)23-12-15-5-7-16(8-6-15)20(25)24-9-3-4-10-24/h5-8,11,23H,3-4,9-10,12H2,1-2H3. The van der Waals surface area contributed by atoms with E-state index in [1.54, 1.807) is 44.2 Å². The maximum atomic E-state index is 12.8. The van der Waals surface area contributed by atoms with Gasteiger partial charge in [-0.1, -0.05) is 35.3 Å². The highest BCUT2D eigenvalue weighted by atomic mass is 35.5. The molecular formula is C20H22Cl2N2O3S. The van der Waals surface area contributed by atoms with Gasteiger partial charge in [0.05, 0.1) is 5.02 Å². The number of nitrogens with one attached hydrogen (secondary N) is 1. The van der Waals surface area contributed by atoms with Crippen LogP contribution in [0, 0.1) is 13.8 Å². The number of carbonyl (C=O) groups is 1. The zero-order valence-electron chi connectivity index (χ0n) is 15.8. The molecule has 28 heavy (non-hydrogen) atoms. The maximum absolute atomic E-state index is 12.8. The molecule has 0 radical (unpaired) electrons. The van der Waals surface area contributed by atoms with Crippen molar-refractivity contribution in [3.63, 3.8) is 0 Å². The molecule has 0 spiro atoms. The molecule has 1 amide bonds. The van der Waals surface area contributed by atoms with Crippen molar-refractivity contribution in [2.75, 3.05) is 13.1 Å². The number of benzene rings is 2. The van der Waals surface area contributed by atoms with Gasteiger partial charge in [-0.3, -0.25) is 4.79 Å². The van der Waals surface area contributed by atoms with Gasteiger partial charge in [0.25, 0.3) is 5.91 Å². The predicted octanol–water partition coefficient (Wildman–Crippen LogP) is 4.32. The Kier molecular flexibility index (Phi) is 6.34. The first kappa shape index (κ1) is 21.1. The first-order valence-corrected chi connectivity index (χ1v) is 11.3. The second kappa shape index (κ2) is 8.41. The van der Waals surface area contributed by atoms with Gasteiger partial charge < -0.3 is 4.90 Å². The van der Waals surface area contributed by atoms with Crippen molar-refractivity contribution in [1.29, 1.82) is 0 Å². The van der Waals surface area contributed by atoms with E-state index >= 15 is 0 Å². The molecule has 0 aliphatic carbocycles. The molecule has 150 valence electrons. The van der Waals surface area contributed by atoms with Gasteiger partial charge in [0.1, 0.15) is 4.90 Å². The van der Waals surface area contributed by atoms with E-state index in [-0.39, 0.29) is 22.4 Å². The second-order valence-electron chi connectivity index (χ2n) is 6.96. The lowest BCUT2D eigenvalue weighted by atomic mass is 10.1. The number of carbonyl (C=O) groups excluding carboxylic acids is 1. The van der Waals surface area contributed by atoms with E-state index in [9.17, 15) is 13.2 Å². The Bertz CT molecular complexity index is 973. The summed E-state index contributed by atoms with van der Waals surface area (Å²) in [5, 5.41) is 0.521. The van der Waals surface area contributed by atoms with Crippen LogP contribution in [0.2, 0.25) is 10.0 Å². The molecule has 0 atom stereocenters. The number of rotatable bonds is 5. The average Bonchev–Trinajstić information content (AvgIpc) is 3.19. The van der Waals surface area contributed by atoms with Crippen LogP contribution >= 0.6 is 23.2 Å². The molecule has 1 fully saturated rings. The van der Waals surface area contributed by atoms with Crippen molar-refractivity contribution in [2.45, 2.75) is 38.1 Å². The van der Waals surface area contributed by atoms with Gasteiger partial charge in [-0.15, -0.1) is 0 Å². The fraction of sp³-hybridized carbons (Fsp3) is 0.350. The van der Waals surface area contributed by atoms with Crippen LogP contribution in [0.15, 0.2) is 35.2 Å². The predicted molar refractivity (Wildman–Crippen MR) is 112 cm³/mol. The maximum Gasteiger partial charge on any atom is 0.253 e. The third-order valence-electron chi connectivity index (χ3n) is 4.92. The van der Waals surface area contributed by atoms with Crippen molar-refractivity contribution < 1.29 is 13.2 Å². The number of amides is 1. The van der Waals surface area contributed by atoms with Crippen LogP contribution in [0.25, 0.3) is 0 Å². The second-order valence-corrected chi connectivity index (χ2v) is 9.45. The Morgan fingerprint density at radius 2 is 1.71 bits per heavy atom. The molecule has 0 saturated carbocycles. The topological polar surface area (TPSA) is 66.5 Å². The molecule has 2 aromatic rings. The largest absolute Gasteiger partial charge is 0.339 e. The van der Waals surface area contributed by atoms with Crippen LogP contribution in [0.5, 0.6) is 0 Å². The molecule has 3 rings (SSSR count). The number of likely N-dealkylation sites (tertiary alicyclic amines) is 1. The van der Waals surface area contributed by atoms with Crippen molar-refractivity contribution in [3.05, 3.63) is 62.6 Å². The molecule has 8 heteroatoms. The third kappa shape index (κ3) is 4.35. The zero-order valence-corrected chi connectivity index (χ0v) is 18.1. The van der Waals surface area contributed by atoms with Crippen molar-refractivity contribution in [3.8, 4) is 0 Å². The number of halogens is 2. The molecule has 1 saturated heterocycles. The van der Waals surface area contributed by atoms with Crippen LogP contribution in [0.4, 0.5) is 0 Å². The van der Waals surface area contributed by atoms with Crippen LogP contribution in [-0.2, 0) is 16.6 Å². The average molecular weight is 441 g/mol. The van der Waals surface area contributed by atoms with E-state index in [1.807, 2.05) is 4.90 Å². The molecule has 1 aliphatic heterocycles. The summed E-state index contributed by atoms with van der Waals surface area (Å²) in [6, 6.07) is 8.61. The van der Waals surface area contributed by atoms with Crippen LogP contribution in [-0.4, -0.2) is 32.3 Å². The fourth-order valence-corrected chi connectivity index (χ4v) is 5.48. The lowest BCUT2D eigenvalue weighted by Crippen LogP contribution is -2.27. The van der Waals surface area contributed by atoms with E-state index < -0.39 is 10.0 Å². The summed E-state index contributed by atoms with van der Waals surface area (Å²) in [4.78, 5) is 14.2. The molecule has 5 nitrogen and oxygen atoms in total. The number of hydrogen-bond donors (Lipinski definition) is 1. The smallest absolute Gasteiger partial charge is 0.253 e. The highest BCUT2D eigenvalue weighted by Crippen LogP contribution is 2.33. The molecular weight excluding hydrogens is 419 g/mol. The van der Waals surface area contributed by atoms with E-state index in [4.69, 9.17) is 23.2 Å². The lowest BCUT2D eigenvalue weighted by Gasteiger charge is -2.16. The third-order valence-corrected chi connectivity index (χ3v) is 7.48. The van der Waals surface area contributed by atoms with Crippen LogP contribution in [0.1, 0.15) is 39.9 Å². The van der Waals surface area contributed by atoms with Gasteiger partial charge in [0, 0.05) is 30.2 Å². The van der Waals surface area contributed by atoms with Gasteiger partial charge in [0.15, 0.2) is 0 Å². The Labute approximate surface area is 175 Å². The monoisotopic (exact) mass is 440 g/mol. The summed E-state index contributed by atoms with van der Waals surface area (Å²) in [6.45, 7) is 5.00. The zero-order chi connectivity index (χ0) is 20.5. The van der Waals surface area contributed by atoms with E-state index in [0.29, 0.717) is 21.7 Å². The van der Waals surface area contributed by atoms with E-state index in [2.05, 4.69) is 4.72 Å². The SMILES string of the molecule is Cc1cc(Cl)c(C)c(S(=O)(=O)NCc2ccc(C(=O)N3CCCC3)cc2)c1Cl. The summed E-state index contributed by atoms with van der Waals surface area (Å²) in [7, 11) is -3.85. The lowest BCUT2D eigenvalue weighted by molar-refractivity contribution is 0.0793. The van der Waals surface area contributed by atoms with Crippen molar-refractivity contribution in [1.82, 2.24) is 9.62 Å². The first-order valence-electron chi connectivity index (χ1n) is 9.04. The van der Waals surface area contributed by atoms with Crippen molar-refractivity contribution >= 4 is 39.1 Å². The molecule has 1 aliphatic rings. The highest BCUT2D eigenvalue weighted by Gasteiger charge is 2.24. The van der Waals surface area contributed by atoms with Gasteiger partial charge in [-0.05, 0) is 61.6 Å². The Morgan fingerprint density at radius 1 is 1.11 bits per heavy atom. The van der Waals surface area contributed by atoms with Gasteiger partial charge in [0.2, 0.25) is 10.0 Å². The molecule has 1 heterocycles. The summed E-state index contributed by atoms with van der Waals surface area (Å²) in [5.74, 6) is 0.0152. The highest BCUT2D eigenvalue weighted by molar-refractivity contribution is 7.89. The van der Waals surface area contributed by atoms with Gasteiger partial charge in [-0.2, -0.15) is 0 Å². The number of aryl methyl sites for hydroxylation is 1. The quantitative estimate of drug-likeness (QED) is 0.752. The van der Waals surface area contributed by atoms with Gasteiger partial charge in [-0.25, -0.2) is 13.1 Å². The number of nitrogens with zero attached hydrogens (tertiary/aromatic N) is 1. The minimum atomic E-state index is -3.85. The summed E-state index contributed by atoms with van der Waals surface area (Å²) in [5.41, 5.74) is 2.37. The van der Waals surface area contributed by atoms with Crippen LogP contribution in [0.3, 0.4) is 0 Å². The first-order chi connectivity index (χ1) is 13.2. The van der Waals surface area contributed by atoms with E-state index in [0.717, 1.165) is 31.5 Å². The normalized spacial score (nSPS) is 14.5. The minimum absolute atomic E-state index is 0.00000186.